The minimum atomic E-state index is 0.0262. The van der Waals surface area contributed by atoms with Crippen LogP contribution >= 0.6 is 0 Å². The molecule has 1 rings (SSSR count). The van der Waals surface area contributed by atoms with Gasteiger partial charge in [0.1, 0.15) is 0 Å². The Morgan fingerprint density at radius 1 is 1.47 bits per heavy atom. The highest BCUT2D eigenvalue weighted by Crippen LogP contribution is 2.13. The molecular formula is C13H21N3O. The largest absolute Gasteiger partial charge is 0.397 e. The Labute approximate surface area is 103 Å². The number of nitrogen functional groups attached to an aromatic ring is 1. The van der Waals surface area contributed by atoms with Gasteiger partial charge in [0.15, 0.2) is 0 Å². The lowest BCUT2D eigenvalue weighted by Crippen LogP contribution is -2.32. The van der Waals surface area contributed by atoms with Crippen LogP contribution in [0.25, 0.3) is 0 Å². The number of nitrogens with zero attached hydrogens (tertiary/aromatic N) is 2. The number of carbonyl (C=O) groups is 1. The van der Waals surface area contributed by atoms with Crippen molar-refractivity contribution >= 4 is 11.6 Å². The maximum absolute atomic E-state index is 12.3. The first kappa shape index (κ1) is 13.5. The third-order valence-electron chi connectivity index (χ3n) is 2.79. The highest BCUT2D eigenvalue weighted by molar-refractivity contribution is 5.95. The van der Waals surface area contributed by atoms with E-state index >= 15 is 0 Å². The zero-order valence-corrected chi connectivity index (χ0v) is 10.9. The number of amides is 1. The molecule has 0 aliphatic rings. The standard InChI is InChI=1S/C13H21N3O/c1-4-6-7-16(5-2)13(17)12-8-11(14)9-15-10(12)3/h8-9H,4-7,14H2,1-3H3. The van der Waals surface area contributed by atoms with Crippen molar-refractivity contribution in [1.82, 2.24) is 9.88 Å². The summed E-state index contributed by atoms with van der Waals surface area (Å²) in [5.41, 5.74) is 7.56. The summed E-state index contributed by atoms with van der Waals surface area (Å²) in [6.45, 7) is 7.45. The Hall–Kier alpha value is -1.58. The molecule has 0 aliphatic carbocycles. The molecule has 17 heavy (non-hydrogen) atoms. The number of aryl methyl sites for hydroxylation is 1. The third kappa shape index (κ3) is 3.44. The van der Waals surface area contributed by atoms with Crippen LogP contribution in [0.1, 0.15) is 42.7 Å². The number of pyridine rings is 1. The molecule has 0 spiro atoms. The molecule has 0 aliphatic heterocycles. The van der Waals surface area contributed by atoms with Crippen LogP contribution in [0.3, 0.4) is 0 Å². The van der Waals surface area contributed by atoms with Crippen molar-refractivity contribution in [2.24, 2.45) is 0 Å². The lowest BCUT2D eigenvalue weighted by Gasteiger charge is -2.21. The van der Waals surface area contributed by atoms with Gasteiger partial charge in [0.05, 0.1) is 23.1 Å². The summed E-state index contributed by atoms with van der Waals surface area (Å²) in [5.74, 6) is 0.0262. The average Bonchev–Trinajstić information content (AvgIpc) is 2.33. The van der Waals surface area contributed by atoms with Gasteiger partial charge in [0.2, 0.25) is 0 Å². The normalized spacial score (nSPS) is 10.3. The van der Waals surface area contributed by atoms with E-state index in [0.717, 1.165) is 25.1 Å². The van der Waals surface area contributed by atoms with Gasteiger partial charge in [-0.3, -0.25) is 9.78 Å². The number of hydrogen-bond acceptors (Lipinski definition) is 3. The smallest absolute Gasteiger partial charge is 0.255 e. The molecule has 1 aromatic rings. The average molecular weight is 235 g/mol. The molecule has 94 valence electrons. The van der Waals surface area contributed by atoms with Gasteiger partial charge in [-0.1, -0.05) is 13.3 Å². The minimum absolute atomic E-state index is 0.0262. The first-order chi connectivity index (χ1) is 8.10. The molecule has 4 heteroatoms. The summed E-state index contributed by atoms with van der Waals surface area (Å²) in [4.78, 5) is 18.2. The van der Waals surface area contributed by atoms with E-state index in [1.165, 1.54) is 0 Å². The Balaban J connectivity index is 2.89. The van der Waals surface area contributed by atoms with Crippen molar-refractivity contribution in [1.29, 1.82) is 0 Å². The fourth-order valence-electron chi connectivity index (χ4n) is 1.69. The monoisotopic (exact) mass is 235 g/mol. The number of hydrogen-bond donors (Lipinski definition) is 1. The van der Waals surface area contributed by atoms with E-state index in [0.29, 0.717) is 17.8 Å². The third-order valence-corrected chi connectivity index (χ3v) is 2.79. The van der Waals surface area contributed by atoms with Gasteiger partial charge in [-0.2, -0.15) is 0 Å². The van der Waals surface area contributed by atoms with E-state index in [1.807, 2.05) is 18.7 Å². The predicted molar refractivity (Wildman–Crippen MR) is 69.9 cm³/mol. The van der Waals surface area contributed by atoms with Crippen molar-refractivity contribution in [2.45, 2.75) is 33.6 Å². The molecule has 0 saturated heterocycles. The van der Waals surface area contributed by atoms with Crippen molar-refractivity contribution < 1.29 is 4.79 Å². The van der Waals surface area contributed by atoms with Crippen LogP contribution in [0, 0.1) is 6.92 Å². The van der Waals surface area contributed by atoms with Crippen molar-refractivity contribution in [3.05, 3.63) is 23.5 Å². The predicted octanol–water partition coefficient (Wildman–Crippen LogP) is 2.23. The SMILES string of the molecule is CCCCN(CC)C(=O)c1cc(N)cnc1C. The van der Waals surface area contributed by atoms with E-state index in [-0.39, 0.29) is 5.91 Å². The maximum Gasteiger partial charge on any atom is 0.255 e. The zero-order chi connectivity index (χ0) is 12.8. The molecule has 0 fully saturated rings. The second-order valence-corrected chi connectivity index (χ2v) is 4.14. The molecule has 1 heterocycles. The molecule has 0 radical (unpaired) electrons. The summed E-state index contributed by atoms with van der Waals surface area (Å²) in [6.07, 6.45) is 3.68. The maximum atomic E-state index is 12.3. The van der Waals surface area contributed by atoms with Gasteiger partial charge >= 0.3 is 0 Å². The number of unbranched alkanes of at least 4 members (excludes halogenated alkanes) is 1. The quantitative estimate of drug-likeness (QED) is 0.851. The van der Waals surface area contributed by atoms with Gasteiger partial charge in [-0.05, 0) is 26.3 Å². The lowest BCUT2D eigenvalue weighted by molar-refractivity contribution is 0.0761. The number of aromatic nitrogens is 1. The molecular weight excluding hydrogens is 214 g/mol. The fraction of sp³-hybridized carbons (Fsp3) is 0.538. The van der Waals surface area contributed by atoms with Crippen molar-refractivity contribution in [2.75, 3.05) is 18.8 Å². The summed E-state index contributed by atoms with van der Waals surface area (Å²) in [6, 6.07) is 1.71. The van der Waals surface area contributed by atoms with Gasteiger partial charge in [0.25, 0.3) is 5.91 Å². The summed E-state index contributed by atoms with van der Waals surface area (Å²) < 4.78 is 0. The molecule has 4 nitrogen and oxygen atoms in total. The molecule has 0 bridgehead atoms. The van der Waals surface area contributed by atoms with Crippen LogP contribution in [-0.4, -0.2) is 28.9 Å². The first-order valence-corrected chi connectivity index (χ1v) is 6.11. The highest BCUT2D eigenvalue weighted by atomic mass is 16.2. The molecule has 1 aromatic heterocycles. The van der Waals surface area contributed by atoms with E-state index in [1.54, 1.807) is 12.3 Å². The molecule has 0 atom stereocenters. The number of anilines is 1. The second-order valence-electron chi connectivity index (χ2n) is 4.14. The van der Waals surface area contributed by atoms with Crippen LogP contribution in [0.2, 0.25) is 0 Å². The summed E-state index contributed by atoms with van der Waals surface area (Å²) in [7, 11) is 0. The Morgan fingerprint density at radius 3 is 2.76 bits per heavy atom. The van der Waals surface area contributed by atoms with E-state index in [4.69, 9.17) is 5.73 Å². The van der Waals surface area contributed by atoms with Crippen molar-refractivity contribution in [3.8, 4) is 0 Å². The van der Waals surface area contributed by atoms with E-state index in [2.05, 4.69) is 11.9 Å². The van der Waals surface area contributed by atoms with E-state index in [9.17, 15) is 4.79 Å². The van der Waals surface area contributed by atoms with Crippen molar-refractivity contribution in [3.63, 3.8) is 0 Å². The lowest BCUT2D eigenvalue weighted by atomic mass is 10.1. The molecule has 1 amide bonds. The summed E-state index contributed by atoms with van der Waals surface area (Å²) in [5, 5.41) is 0. The Bertz CT molecular complexity index is 390. The minimum Gasteiger partial charge on any atom is -0.397 e. The van der Waals surface area contributed by atoms with Gasteiger partial charge in [-0.15, -0.1) is 0 Å². The molecule has 0 aromatic carbocycles. The van der Waals surface area contributed by atoms with Crippen LogP contribution in [0.4, 0.5) is 5.69 Å². The van der Waals surface area contributed by atoms with Crippen LogP contribution in [0.5, 0.6) is 0 Å². The van der Waals surface area contributed by atoms with Crippen LogP contribution in [-0.2, 0) is 0 Å². The van der Waals surface area contributed by atoms with Gasteiger partial charge in [-0.25, -0.2) is 0 Å². The fourth-order valence-corrected chi connectivity index (χ4v) is 1.69. The Morgan fingerprint density at radius 2 is 2.18 bits per heavy atom. The number of carbonyl (C=O) groups excluding carboxylic acids is 1. The van der Waals surface area contributed by atoms with Gasteiger partial charge < -0.3 is 10.6 Å². The molecule has 0 unspecified atom stereocenters. The Kier molecular flexibility index (Phi) is 4.94. The topological polar surface area (TPSA) is 59.2 Å². The first-order valence-electron chi connectivity index (χ1n) is 6.11. The van der Waals surface area contributed by atoms with Gasteiger partial charge in [0, 0.05) is 13.1 Å². The van der Waals surface area contributed by atoms with Crippen LogP contribution in [0.15, 0.2) is 12.3 Å². The second kappa shape index (κ2) is 6.23. The number of nitrogens with two attached hydrogens (primary N) is 1. The number of rotatable bonds is 5. The van der Waals surface area contributed by atoms with Crippen LogP contribution < -0.4 is 5.73 Å². The van der Waals surface area contributed by atoms with E-state index < -0.39 is 0 Å². The molecule has 0 saturated carbocycles. The zero-order valence-electron chi connectivity index (χ0n) is 10.9. The molecule has 2 N–H and O–H groups in total. The highest BCUT2D eigenvalue weighted by Gasteiger charge is 2.16. The summed E-state index contributed by atoms with van der Waals surface area (Å²) >= 11 is 0.